The third-order valence-electron chi connectivity index (χ3n) is 2.67. The molecule has 2 rings (SSSR count). The molecule has 0 unspecified atom stereocenters. The first-order valence-corrected chi connectivity index (χ1v) is 5.39. The van der Waals surface area contributed by atoms with Gasteiger partial charge >= 0.3 is 5.97 Å². The number of carboxylic acids is 1. The number of hydrogen-bond acceptors (Lipinski definition) is 2. The van der Waals surface area contributed by atoms with Gasteiger partial charge in [-0.05, 0) is 36.1 Å². The molecule has 0 saturated carbocycles. The summed E-state index contributed by atoms with van der Waals surface area (Å²) in [5, 5.41) is 8.90. The first-order valence-electron chi connectivity index (χ1n) is 5.39. The standard InChI is InChI=1S/C14H13NO2/c1-10-9-15-13(14(16)17)8-12(10)7-11-5-3-2-4-6-11/h2-6,8-9H,7H2,1H3,(H,16,17). The van der Waals surface area contributed by atoms with Crippen molar-refractivity contribution in [3.63, 3.8) is 0 Å². The number of rotatable bonds is 3. The lowest BCUT2D eigenvalue weighted by atomic mass is 10.0. The van der Waals surface area contributed by atoms with Crippen molar-refractivity contribution in [1.82, 2.24) is 4.98 Å². The Morgan fingerprint density at radius 3 is 2.65 bits per heavy atom. The van der Waals surface area contributed by atoms with Crippen molar-refractivity contribution in [1.29, 1.82) is 0 Å². The van der Waals surface area contributed by atoms with E-state index >= 15 is 0 Å². The number of nitrogens with zero attached hydrogens (tertiary/aromatic N) is 1. The predicted octanol–water partition coefficient (Wildman–Crippen LogP) is 2.68. The molecule has 2 aromatic rings. The Bertz CT molecular complexity index is 535. The maximum atomic E-state index is 10.9. The van der Waals surface area contributed by atoms with Crippen LogP contribution < -0.4 is 0 Å². The normalized spacial score (nSPS) is 10.2. The largest absolute Gasteiger partial charge is 0.477 e. The van der Waals surface area contributed by atoms with Crippen LogP contribution in [0.25, 0.3) is 0 Å². The Kier molecular flexibility index (Phi) is 3.19. The number of pyridine rings is 1. The number of carboxylic acid groups (broad SMARTS) is 1. The minimum Gasteiger partial charge on any atom is -0.477 e. The van der Waals surface area contributed by atoms with Crippen LogP contribution in [-0.4, -0.2) is 16.1 Å². The van der Waals surface area contributed by atoms with E-state index in [0.717, 1.165) is 23.1 Å². The van der Waals surface area contributed by atoms with E-state index in [1.54, 1.807) is 12.3 Å². The summed E-state index contributed by atoms with van der Waals surface area (Å²) in [4.78, 5) is 14.7. The van der Waals surface area contributed by atoms with Crippen molar-refractivity contribution in [3.8, 4) is 0 Å². The lowest BCUT2D eigenvalue weighted by Crippen LogP contribution is -2.03. The van der Waals surface area contributed by atoms with E-state index in [0.29, 0.717) is 0 Å². The monoisotopic (exact) mass is 227 g/mol. The van der Waals surface area contributed by atoms with Gasteiger partial charge in [0.05, 0.1) is 0 Å². The van der Waals surface area contributed by atoms with E-state index in [4.69, 9.17) is 5.11 Å². The first kappa shape index (κ1) is 11.3. The van der Waals surface area contributed by atoms with Crippen LogP contribution in [0, 0.1) is 6.92 Å². The van der Waals surface area contributed by atoms with Gasteiger partial charge in [-0.15, -0.1) is 0 Å². The quantitative estimate of drug-likeness (QED) is 0.877. The number of aryl methyl sites for hydroxylation is 1. The van der Waals surface area contributed by atoms with Crippen LogP contribution in [0.1, 0.15) is 27.2 Å². The minimum absolute atomic E-state index is 0.0986. The molecule has 86 valence electrons. The van der Waals surface area contributed by atoms with Gasteiger partial charge in [-0.25, -0.2) is 9.78 Å². The van der Waals surface area contributed by atoms with Gasteiger partial charge in [0.25, 0.3) is 0 Å². The predicted molar refractivity (Wildman–Crippen MR) is 65.2 cm³/mol. The number of carbonyl (C=O) groups is 1. The Morgan fingerprint density at radius 2 is 2.00 bits per heavy atom. The molecule has 0 aliphatic heterocycles. The minimum atomic E-state index is -0.987. The van der Waals surface area contributed by atoms with Gasteiger partial charge in [0.15, 0.2) is 0 Å². The van der Waals surface area contributed by atoms with Crippen molar-refractivity contribution in [2.45, 2.75) is 13.3 Å². The first-order chi connectivity index (χ1) is 8.16. The summed E-state index contributed by atoms with van der Waals surface area (Å²) in [5.74, 6) is -0.987. The Labute approximate surface area is 99.8 Å². The molecular weight excluding hydrogens is 214 g/mol. The molecule has 0 fully saturated rings. The Hall–Kier alpha value is -2.16. The number of aromatic nitrogens is 1. The van der Waals surface area contributed by atoms with E-state index in [9.17, 15) is 4.79 Å². The second-order valence-corrected chi connectivity index (χ2v) is 3.96. The van der Waals surface area contributed by atoms with Gasteiger partial charge in [0.2, 0.25) is 0 Å². The third kappa shape index (κ3) is 2.69. The molecule has 3 heteroatoms. The van der Waals surface area contributed by atoms with Gasteiger partial charge in [-0.3, -0.25) is 0 Å². The SMILES string of the molecule is Cc1cnc(C(=O)O)cc1Cc1ccccc1. The van der Waals surface area contributed by atoms with Crippen LogP contribution in [0.5, 0.6) is 0 Å². The summed E-state index contributed by atoms with van der Waals surface area (Å²) >= 11 is 0. The summed E-state index contributed by atoms with van der Waals surface area (Å²) in [6, 6.07) is 11.6. The molecule has 17 heavy (non-hydrogen) atoms. The number of aromatic carboxylic acids is 1. The maximum Gasteiger partial charge on any atom is 0.354 e. The molecule has 1 heterocycles. The smallest absolute Gasteiger partial charge is 0.354 e. The summed E-state index contributed by atoms with van der Waals surface area (Å²) in [5.41, 5.74) is 3.28. The molecule has 0 aliphatic rings. The van der Waals surface area contributed by atoms with E-state index in [1.165, 1.54) is 0 Å². The van der Waals surface area contributed by atoms with Crippen molar-refractivity contribution in [3.05, 3.63) is 65.0 Å². The van der Waals surface area contributed by atoms with E-state index in [-0.39, 0.29) is 5.69 Å². The average molecular weight is 227 g/mol. The zero-order chi connectivity index (χ0) is 12.3. The highest BCUT2D eigenvalue weighted by Crippen LogP contribution is 2.14. The molecule has 0 aliphatic carbocycles. The van der Waals surface area contributed by atoms with Crippen molar-refractivity contribution in [2.24, 2.45) is 0 Å². The number of hydrogen-bond donors (Lipinski definition) is 1. The molecule has 0 spiro atoms. The lowest BCUT2D eigenvalue weighted by Gasteiger charge is -2.06. The molecule has 0 radical (unpaired) electrons. The zero-order valence-corrected chi connectivity index (χ0v) is 9.55. The Balaban J connectivity index is 2.32. The molecule has 0 amide bonds. The highest BCUT2D eigenvalue weighted by molar-refractivity contribution is 5.85. The van der Waals surface area contributed by atoms with Gasteiger partial charge < -0.3 is 5.11 Å². The molecule has 1 aromatic carbocycles. The molecular formula is C14H13NO2. The van der Waals surface area contributed by atoms with Gasteiger partial charge in [-0.1, -0.05) is 30.3 Å². The van der Waals surface area contributed by atoms with E-state index in [1.807, 2.05) is 37.3 Å². The average Bonchev–Trinajstić information content (AvgIpc) is 2.33. The van der Waals surface area contributed by atoms with Gasteiger partial charge in [-0.2, -0.15) is 0 Å². The fourth-order valence-corrected chi connectivity index (χ4v) is 1.69. The van der Waals surface area contributed by atoms with Crippen LogP contribution in [0.2, 0.25) is 0 Å². The molecule has 0 bridgehead atoms. The van der Waals surface area contributed by atoms with E-state index in [2.05, 4.69) is 4.98 Å². The van der Waals surface area contributed by atoms with Crippen molar-refractivity contribution in [2.75, 3.05) is 0 Å². The van der Waals surface area contributed by atoms with Crippen LogP contribution in [-0.2, 0) is 6.42 Å². The fourth-order valence-electron chi connectivity index (χ4n) is 1.69. The molecule has 3 nitrogen and oxygen atoms in total. The lowest BCUT2D eigenvalue weighted by molar-refractivity contribution is 0.0690. The number of benzene rings is 1. The highest BCUT2D eigenvalue weighted by Gasteiger charge is 2.08. The molecule has 0 atom stereocenters. The molecule has 0 saturated heterocycles. The summed E-state index contributed by atoms with van der Waals surface area (Å²) < 4.78 is 0. The van der Waals surface area contributed by atoms with Crippen LogP contribution in [0.3, 0.4) is 0 Å². The van der Waals surface area contributed by atoms with Gasteiger partial charge in [0, 0.05) is 6.20 Å². The topological polar surface area (TPSA) is 50.2 Å². The zero-order valence-electron chi connectivity index (χ0n) is 9.55. The summed E-state index contributed by atoms with van der Waals surface area (Å²) in [6.07, 6.45) is 2.34. The Morgan fingerprint density at radius 1 is 1.29 bits per heavy atom. The van der Waals surface area contributed by atoms with Crippen LogP contribution in [0.15, 0.2) is 42.6 Å². The summed E-state index contributed by atoms with van der Waals surface area (Å²) in [6.45, 7) is 1.94. The maximum absolute atomic E-state index is 10.9. The van der Waals surface area contributed by atoms with Crippen molar-refractivity contribution < 1.29 is 9.90 Å². The van der Waals surface area contributed by atoms with Gasteiger partial charge in [0.1, 0.15) is 5.69 Å². The van der Waals surface area contributed by atoms with Crippen LogP contribution in [0.4, 0.5) is 0 Å². The van der Waals surface area contributed by atoms with Crippen molar-refractivity contribution >= 4 is 5.97 Å². The second-order valence-electron chi connectivity index (χ2n) is 3.96. The van der Waals surface area contributed by atoms with Crippen LogP contribution >= 0.6 is 0 Å². The molecule has 1 N–H and O–H groups in total. The highest BCUT2D eigenvalue weighted by atomic mass is 16.4. The molecule has 1 aromatic heterocycles. The second kappa shape index (κ2) is 4.78. The third-order valence-corrected chi connectivity index (χ3v) is 2.67. The fraction of sp³-hybridized carbons (Fsp3) is 0.143. The van der Waals surface area contributed by atoms with E-state index < -0.39 is 5.97 Å². The summed E-state index contributed by atoms with van der Waals surface area (Å²) in [7, 11) is 0.